The predicted octanol–water partition coefficient (Wildman–Crippen LogP) is 1.68. The van der Waals surface area contributed by atoms with Gasteiger partial charge in [-0.25, -0.2) is 0 Å². The van der Waals surface area contributed by atoms with Gasteiger partial charge in [0.2, 0.25) is 0 Å². The van der Waals surface area contributed by atoms with Crippen LogP contribution in [-0.4, -0.2) is 0 Å². The minimum absolute atomic E-state index is 0.0635. The lowest BCUT2D eigenvalue weighted by molar-refractivity contribution is 1.74. The predicted molar refractivity (Wildman–Crippen MR) is 52.2 cm³/mol. The Morgan fingerprint density at radius 1 is 0.833 bits per heavy atom. The first kappa shape index (κ1) is 7.64. The van der Waals surface area contributed by atoms with Gasteiger partial charge in [0, 0.05) is 0 Å². The summed E-state index contributed by atoms with van der Waals surface area (Å²) in [4.78, 5) is 22.4. The number of hydrogen-bond donors (Lipinski definition) is 0. The summed E-state index contributed by atoms with van der Waals surface area (Å²) in [7, 11) is 0. The zero-order valence-corrected chi connectivity index (χ0v) is 7.58. The molecule has 2 aromatic heterocycles. The van der Waals surface area contributed by atoms with Crippen molar-refractivity contribution in [1.29, 1.82) is 0 Å². The van der Waals surface area contributed by atoms with Crippen LogP contribution >= 0.6 is 22.7 Å². The molecule has 0 unspecified atom stereocenters. The highest BCUT2D eigenvalue weighted by Gasteiger charge is 2.00. The lowest BCUT2D eigenvalue weighted by atomic mass is 10.4. The Kier molecular flexibility index (Phi) is 1.78. The molecule has 2 aromatic rings. The molecule has 2 nitrogen and oxygen atoms in total. The first-order chi connectivity index (χ1) is 5.79. The highest BCUT2D eigenvalue weighted by Crippen LogP contribution is 2.13. The first-order valence-corrected chi connectivity index (χ1v) is 5.04. The molecule has 0 aliphatic heterocycles. The normalized spacial score (nSPS) is 10.3. The van der Waals surface area contributed by atoms with Crippen molar-refractivity contribution in [2.24, 2.45) is 0 Å². The molecule has 0 amide bonds. The van der Waals surface area contributed by atoms with Crippen LogP contribution in [0.25, 0.3) is 9.40 Å². The number of hydrogen-bond acceptors (Lipinski definition) is 4. The van der Waals surface area contributed by atoms with Gasteiger partial charge in [-0.15, -0.1) is 22.7 Å². The molecule has 4 heteroatoms. The van der Waals surface area contributed by atoms with Gasteiger partial charge in [-0.2, -0.15) is 0 Å². The van der Waals surface area contributed by atoms with Gasteiger partial charge in [-0.3, -0.25) is 9.59 Å². The van der Waals surface area contributed by atoms with Gasteiger partial charge in [0.1, 0.15) is 0 Å². The molecule has 2 rings (SSSR count). The van der Waals surface area contributed by atoms with Gasteiger partial charge >= 0.3 is 0 Å². The van der Waals surface area contributed by atoms with Crippen LogP contribution in [0, 0.1) is 0 Å². The van der Waals surface area contributed by atoms with E-state index in [0.717, 1.165) is 0 Å². The smallest absolute Gasteiger partial charge is 0.198 e. The Morgan fingerprint density at radius 3 is 1.67 bits per heavy atom. The summed E-state index contributed by atoms with van der Waals surface area (Å²) >= 11 is 2.63. The minimum atomic E-state index is -0.0635. The summed E-state index contributed by atoms with van der Waals surface area (Å²) in [5.74, 6) is 0. The third-order valence-electron chi connectivity index (χ3n) is 1.46. The van der Waals surface area contributed by atoms with Gasteiger partial charge in [0.25, 0.3) is 0 Å². The molecule has 0 N–H and O–H groups in total. The van der Waals surface area contributed by atoms with Crippen LogP contribution in [-0.2, 0) is 0 Å². The van der Waals surface area contributed by atoms with Gasteiger partial charge in [-0.05, 0) is 22.9 Å². The maximum Gasteiger partial charge on any atom is 0.198 e. The van der Waals surface area contributed by atoms with E-state index >= 15 is 0 Å². The van der Waals surface area contributed by atoms with Crippen LogP contribution in [0.3, 0.4) is 0 Å². The summed E-state index contributed by atoms with van der Waals surface area (Å²) < 4.78 is 1.13. The molecule has 0 aliphatic carbocycles. The van der Waals surface area contributed by atoms with E-state index in [9.17, 15) is 9.59 Å². The Labute approximate surface area is 75.7 Å². The molecule has 0 radical (unpaired) electrons. The molecule has 0 bridgehead atoms. The average molecular weight is 196 g/mol. The first-order valence-electron chi connectivity index (χ1n) is 3.28. The molecule has 0 spiro atoms. The molecule has 0 aliphatic rings. The Balaban J connectivity index is 3.15. The molecular formula is C8H4O2S2. The van der Waals surface area contributed by atoms with Crippen LogP contribution in [0.2, 0.25) is 0 Å². The third kappa shape index (κ3) is 1.09. The molecule has 0 saturated carbocycles. The molecule has 2 heterocycles. The van der Waals surface area contributed by atoms with Crippen LogP contribution in [0.5, 0.6) is 0 Å². The number of rotatable bonds is 0. The SMILES string of the molecule is O=c1ccsc2c(=O)ccsc12. The zero-order valence-electron chi connectivity index (χ0n) is 5.94. The largest absolute Gasteiger partial charge is 0.288 e. The van der Waals surface area contributed by atoms with Crippen LogP contribution in [0.4, 0.5) is 0 Å². The van der Waals surface area contributed by atoms with Crippen molar-refractivity contribution < 1.29 is 0 Å². The summed E-state index contributed by atoms with van der Waals surface area (Å²) in [6.07, 6.45) is 0. The van der Waals surface area contributed by atoms with E-state index < -0.39 is 0 Å². The van der Waals surface area contributed by atoms with Crippen molar-refractivity contribution in [3.05, 3.63) is 43.3 Å². The van der Waals surface area contributed by atoms with E-state index in [1.165, 1.54) is 34.8 Å². The zero-order chi connectivity index (χ0) is 8.55. The van der Waals surface area contributed by atoms with Crippen LogP contribution in [0.15, 0.2) is 32.5 Å². The van der Waals surface area contributed by atoms with E-state index in [4.69, 9.17) is 0 Å². The van der Waals surface area contributed by atoms with Crippen molar-refractivity contribution in [3.63, 3.8) is 0 Å². The van der Waals surface area contributed by atoms with Gasteiger partial charge in [0.15, 0.2) is 10.9 Å². The van der Waals surface area contributed by atoms with Gasteiger partial charge < -0.3 is 0 Å². The summed E-state index contributed by atoms with van der Waals surface area (Å²) in [5.41, 5.74) is -0.127. The lowest BCUT2D eigenvalue weighted by Gasteiger charge is -1.89. The lowest BCUT2D eigenvalue weighted by Crippen LogP contribution is -2.02. The summed E-state index contributed by atoms with van der Waals surface area (Å²) in [6, 6.07) is 2.98. The fourth-order valence-corrected chi connectivity index (χ4v) is 2.65. The minimum Gasteiger partial charge on any atom is -0.288 e. The highest BCUT2D eigenvalue weighted by molar-refractivity contribution is 7.23. The molecular weight excluding hydrogens is 192 g/mol. The molecule has 0 fully saturated rings. The van der Waals surface area contributed by atoms with Crippen LogP contribution in [0.1, 0.15) is 0 Å². The fourth-order valence-electron chi connectivity index (χ4n) is 0.926. The molecule has 0 atom stereocenters. The molecule has 0 saturated heterocycles. The van der Waals surface area contributed by atoms with Gasteiger partial charge in [0.05, 0.1) is 9.40 Å². The molecule has 12 heavy (non-hydrogen) atoms. The van der Waals surface area contributed by atoms with Crippen LogP contribution < -0.4 is 10.9 Å². The van der Waals surface area contributed by atoms with Crippen molar-refractivity contribution in [1.82, 2.24) is 0 Å². The fraction of sp³-hybridized carbons (Fsp3) is 0. The monoisotopic (exact) mass is 196 g/mol. The maximum atomic E-state index is 11.2. The van der Waals surface area contributed by atoms with Crippen molar-refractivity contribution >= 4 is 32.1 Å². The topological polar surface area (TPSA) is 34.1 Å². The van der Waals surface area contributed by atoms with E-state index in [0.29, 0.717) is 9.40 Å². The maximum absolute atomic E-state index is 11.2. The quantitative estimate of drug-likeness (QED) is 0.642. The third-order valence-corrected chi connectivity index (χ3v) is 3.42. The number of fused-ring (bicyclic) bond motifs is 1. The van der Waals surface area contributed by atoms with E-state index in [-0.39, 0.29) is 10.9 Å². The van der Waals surface area contributed by atoms with E-state index in [1.807, 2.05) is 0 Å². The van der Waals surface area contributed by atoms with Gasteiger partial charge in [-0.1, -0.05) is 0 Å². The molecule has 0 aromatic carbocycles. The second kappa shape index (κ2) is 2.80. The van der Waals surface area contributed by atoms with E-state index in [2.05, 4.69) is 0 Å². The Hall–Kier alpha value is -1.00. The highest BCUT2D eigenvalue weighted by atomic mass is 32.1. The van der Waals surface area contributed by atoms with Crippen molar-refractivity contribution in [2.45, 2.75) is 0 Å². The second-order valence-corrected chi connectivity index (χ2v) is 4.06. The summed E-state index contributed by atoms with van der Waals surface area (Å²) in [5, 5.41) is 3.30. The summed E-state index contributed by atoms with van der Waals surface area (Å²) in [6.45, 7) is 0. The van der Waals surface area contributed by atoms with Crippen molar-refractivity contribution in [3.8, 4) is 0 Å². The van der Waals surface area contributed by atoms with E-state index in [1.54, 1.807) is 10.8 Å². The second-order valence-electron chi connectivity index (χ2n) is 2.23. The standard InChI is InChI=1S/C8H4O2S2/c9-5-1-3-11-8-6(10)2-4-12-7(5)8/h1-4H. The Bertz CT molecular complexity index is 475. The Morgan fingerprint density at radius 2 is 1.25 bits per heavy atom. The average Bonchev–Trinajstić information content (AvgIpc) is 2.07. The molecule has 60 valence electrons. The van der Waals surface area contributed by atoms with Crippen molar-refractivity contribution in [2.75, 3.05) is 0 Å².